The quantitative estimate of drug-likeness (QED) is 0.653. The van der Waals surface area contributed by atoms with Gasteiger partial charge in [0.1, 0.15) is 0 Å². The Kier molecular flexibility index (Phi) is 2.24. The average Bonchev–Trinajstić information content (AvgIpc) is 2.32. The van der Waals surface area contributed by atoms with Crippen LogP contribution >= 0.6 is 0 Å². The Labute approximate surface area is 91.0 Å². The largest absolute Gasteiger partial charge is 0.300 e. The zero-order valence-electron chi connectivity index (χ0n) is 10.2. The van der Waals surface area contributed by atoms with E-state index in [0.29, 0.717) is 0 Å². The highest BCUT2D eigenvalue weighted by atomic mass is 16.7. The van der Waals surface area contributed by atoms with E-state index >= 15 is 0 Å². The third kappa shape index (κ3) is 1.28. The fourth-order valence-corrected chi connectivity index (χ4v) is 2.79. The van der Waals surface area contributed by atoms with E-state index in [1.54, 1.807) is 7.11 Å². The smallest absolute Gasteiger partial charge is 0.0850 e. The van der Waals surface area contributed by atoms with Gasteiger partial charge in [-0.1, -0.05) is 0 Å². The number of rotatable bonds is 1. The van der Waals surface area contributed by atoms with E-state index in [9.17, 15) is 0 Å². The van der Waals surface area contributed by atoms with Gasteiger partial charge in [0, 0.05) is 0 Å². The molecule has 0 aliphatic carbocycles. The second-order valence-electron chi connectivity index (χ2n) is 5.06. The van der Waals surface area contributed by atoms with Crippen LogP contribution in [0.5, 0.6) is 0 Å². The third-order valence-corrected chi connectivity index (χ3v) is 3.22. The molecule has 0 saturated carbocycles. The molecule has 2 rings (SSSR count). The molecule has 15 heavy (non-hydrogen) atoms. The summed E-state index contributed by atoms with van der Waals surface area (Å²) in [5, 5.41) is 1.99. The van der Waals surface area contributed by atoms with Crippen LogP contribution < -0.4 is 0 Å². The van der Waals surface area contributed by atoms with Crippen LogP contribution in [-0.4, -0.2) is 47.8 Å². The summed E-state index contributed by atoms with van der Waals surface area (Å²) in [7, 11) is 1.71. The van der Waals surface area contributed by atoms with E-state index in [-0.39, 0.29) is 11.1 Å². The van der Waals surface area contributed by atoms with Gasteiger partial charge in [-0.2, -0.15) is 5.06 Å². The molecule has 0 bridgehead atoms. The fraction of sp³-hybridized carbons (Fsp3) is 0.818. The van der Waals surface area contributed by atoms with E-state index < -0.39 is 0 Å². The second-order valence-corrected chi connectivity index (χ2v) is 5.06. The predicted octanol–water partition coefficient (Wildman–Crippen LogP) is 1.32. The van der Waals surface area contributed by atoms with Gasteiger partial charge in [0.2, 0.25) is 0 Å². The molecule has 84 valence electrons. The summed E-state index contributed by atoms with van der Waals surface area (Å²) in [6.45, 7) is 10.1. The van der Waals surface area contributed by atoms with Crippen LogP contribution in [0, 0.1) is 0 Å². The first-order valence-corrected chi connectivity index (χ1v) is 5.37. The summed E-state index contributed by atoms with van der Waals surface area (Å²) in [6, 6.07) is 0. The molecule has 2 aliphatic heterocycles. The van der Waals surface area contributed by atoms with E-state index in [2.05, 4.69) is 37.7 Å². The maximum Gasteiger partial charge on any atom is 0.0850 e. The van der Waals surface area contributed by atoms with Crippen molar-refractivity contribution < 1.29 is 4.84 Å². The molecule has 2 heterocycles. The van der Waals surface area contributed by atoms with Crippen LogP contribution in [0.25, 0.3) is 0 Å². The van der Waals surface area contributed by atoms with Crippen molar-refractivity contribution in [2.45, 2.75) is 38.8 Å². The van der Waals surface area contributed by atoms with Gasteiger partial charge in [0.15, 0.2) is 0 Å². The average molecular weight is 209 g/mol. The molecule has 1 saturated heterocycles. The molecule has 0 amide bonds. The summed E-state index contributed by atoms with van der Waals surface area (Å²) in [6.07, 6.45) is 0. The van der Waals surface area contributed by atoms with E-state index in [0.717, 1.165) is 24.5 Å². The van der Waals surface area contributed by atoms with Crippen LogP contribution in [-0.2, 0) is 4.84 Å². The molecular formula is C11H19N3O. The molecular weight excluding hydrogens is 190 g/mol. The predicted molar refractivity (Wildman–Crippen MR) is 61.6 cm³/mol. The molecule has 0 aromatic rings. The van der Waals surface area contributed by atoms with Gasteiger partial charge in [-0.25, -0.2) is 0 Å². The van der Waals surface area contributed by atoms with Gasteiger partial charge in [-0.3, -0.25) is 9.98 Å². The third-order valence-electron chi connectivity index (χ3n) is 3.22. The Hall–Kier alpha value is -0.740. The highest BCUT2D eigenvalue weighted by Gasteiger charge is 2.55. The van der Waals surface area contributed by atoms with E-state index in [1.165, 1.54) is 0 Å². The molecule has 1 fully saturated rings. The topological polar surface area (TPSA) is 37.2 Å². The fourth-order valence-electron chi connectivity index (χ4n) is 2.79. The van der Waals surface area contributed by atoms with Gasteiger partial charge in [0.25, 0.3) is 0 Å². The summed E-state index contributed by atoms with van der Waals surface area (Å²) in [4.78, 5) is 14.7. The van der Waals surface area contributed by atoms with E-state index in [1.807, 2.05) is 5.06 Å². The van der Waals surface area contributed by atoms with Crippen molar-refractivity contribution >= 4 is 11.4 Å². The number of hydroxylamine groups is 2. The molecule has 0 radical (unpaired) electrons. The van der Waals surface area contributed by atoms with Crippen molar-refractivity contribution in [1.82, 2.24) is 5.06 Å². The number of hydrogen-bond donors (Lipinski definition) is 0. The lowest BCUT2D eigenvalue weighted by atomic mass is 9.94. The SMILES string of the molecule is CON1C(C)(C)C2=NCCN=C2C1(C)C. The molecule has 4 nitrogen and oxygen atoms in total. The first kappa shape index (κ1) is 10.8. The zero-order chi connectivity index (χ0) is 11.3. The van der Waals surface area contributed by atoms with Gasteiger partial charge in [0.05, 0.1) is 42.7 Å². The summed E-state index contributed by atoms with van der Waals surface area (Å²) in [5.41, 5.74) is 1.80. The Morgan fingerprint density at radius 2 is 1.40 bits per heavy atom. The van der Waals surface area contributed by atoms with Crippen LogP contribution in [0.3, 0.4) is 0 Å². The van der Waals surface area contributed by atoms with Crippen molar-refractivity contribution in [3.63, 3.8) is 0 Å². The van der Waals surface area contributed by atoms with Crippen molar-refractivity contribution in [3.8, 4) is 0 Å². The minimum absolute atomic E-state index is 0.183. The zero-order valence-corrected chi connectivity index (χ0v) is 10.2. The van der Waals surface area contributed by atoms with Crippen LogP contribution in [0.4, 0.5) is 0 Å². The minimum Gasteiger partial charge on any atom is -0.300 e. The molecule has 0 unspecified atom stereocenters. The molecule has 0 aromatic carbocycles. The molecule has 0 aromatic heterocycles. The maximum atomic E-state index is 5.51. The minimum atomic E-state index is -0.183. The number of aliphatic imine (C=N–C) groups is 2. The molecule has 0 spiro atoms. The van der Waals surface area contributed by atoms with Crippen LogP contribution in [0.1, 0.15) is 27.7 Å². The lowest BCUT2D eigenvalue weighted by Crippen LogP contribution is -2.49. The number of hydrogen-bond acceptors (Lipinski definition) is 4. The second kappa shape index (κ2) is 3.12. The first-order valence-electron chi connectivity index (χ1n) is 5.37. The Morgan fingerprint density at radius 1 is 1.00 bits per heavy atom. The highest BCUT2D eigenvalue weighted by Crippen LogP contribution is 2.37. The normalized spacial score (nSPS) is 28.3. The monoisotopic (exact) mass is 209 g/mol. The summed E-state index contributed by atoms with van der Waals surface area (Å²) < 4.78 is 0. The van der Waals surface area contributed by atoms with Gasteiger partial charge in [-0.15, -0.1) is 0 Å². The molecule has 0 atom stereocenters. The summed E-state index contributed by atoms with van der Waals surface area (Å²) in [5.74, 6) is 0. The molecule has 4 heteroatoms. The number of fused-ring (bicyclic) bond motifs is 1. The molecule has 0 N–H and O–H groups in total. The first-order chi connectivity index (χ1) is 6.92. The van der Waals surface area contributed by atoms with Gasteiger partial charge >= 0.3 is 0 Å². The Balaban J connectivity index is 2.55. The Morgan fingerprint density at radius 3 is 1.73 bits per heavy atom. The van der Waals surface area contributed by atoms with Crippen molar-refractivity contribution in [1.29, 1.82) is 0 Å². The van der Waals surface area contributed by atoms with Crippen molar-refractivity contribution in [3.05, 3.63) is 0 Å². The Bertz CT molecular complexity index is 310. The standard InChI is InChI=1S/C11H19N3O/c1-10(2)8-9(13-7-6-12-8)11(3,4)14(10)15-5/h6-7H2,1-5H3. The maximum absolute atomic E-state index is 5.51. The summed E-state index contributed by atoms with van der Waals surface area (Å²) >= 11 is 0. The van der Waals surface area contributed by atoms with Crippen LogP contribution in [0.15, 0.2) is 9.98 Å². The lowest BCUT2D eigenvalue weighted by molar-refractivity contribution is -0.201. The number of nitrogens with zero attached hydrogens (tertiary/aromatic N) is 3. The van der Waals surface area contributed by atoms with Crippen molar-refractivity contribution in [2.24, 2.45) is 9.98 Å². The van der Waals surface area contributed by atoms with Crippen molar-refractivity contribution in [2.75, 3.05) is 20.2 Å². The molecule has 2 aliphatic rings. The van der Waals surface area contributed by atoms with Gasteiger partial charge < -0.3 is 4.84 Å². The van der Waals surface area contributed by atoms with Gasteiger partial charge in [-0.05, 0) is 27.7 Å². The highest BCUT2D eigenvalue weighted by molar-refractivity contribution is 6.50. The van der Waals surface area contributed by atoms with E-state index in [4.69, 9.17) is 4.84 Å². The van der Waals surface area contributed by atoms with Crippen LogP contribution in [0.2, 0.25) is 0 Å². The lowest BCUT2D eigenvalue weighted by Gasteiger charge is -2.36.